The molecule has 0 amide bonds. The lowest BCUT2D eigenvalue weighted by Gasteiger charge is -2.05. The summed E-state index contributed by atoms with van der Waals surface area (Å²) in [7, 11) is 0. The molecule has 0 saturated heterocycles. The molecule has 0 radical (unpaired) electrons. The van der Waals surface area contributed by atoms with Gasteiger partial charge in [-0.1, -0.05) is 13.0 Å². The van der Waals surface area contributed by atoms with Crippen LogP contribution in [-0.2, 0) is 0 Å². The van der Waals surface area contributed by atoms with Crippen molar-refractivity contribution in [2.75, 3.05) is 6.54 Å². The Bertz CT molecular complexity index is 307. The summed E-state index contributed by atoms with van der Waals surface area (Å²) in [6.07, 6.45) is 5.90. The van der Waals surface area contributed by atoms with Gasteiger partial charge in [0.25, 0.3) is 0 Å². The van der Waals surface area contributed by atoms with Gasteiger partial charge in [0.2, 0.25) is 0 Å². The number of nitrogens with one attached hydrogen (secondary N) is 1. The number of hydrogen-bond acceptors (Lipinski definition) is 3. The molecule has 0 aromatic carbocycles. The molecule has 0 aliphatic carbocycles. The molecule has 0 aliphatic heterocycles. The normalized spacial score (nSPS) is 13.4. The molecule has 76 valence electrons. The van der Waals surface area contributed by atoms with Gasteiger partial charge in [-0.3, -0.25) is 0 Å². The second-order valence-corrected chi connectivity index (χ2v) is 3.23. The van der Waals surface area contributed by atoms with Gasteiger partial charge in [0, 0.05) is 12.2 Å². The molecule has 14 heavy (non-hydrogen) atoms. The lowest BCUT2D eigenvalue weighted by Crippen LogP contribution is -2.22. The van der Waals surface area contributed by atoms with Crippen LogP contribution in [0.4, 0.5) is 0 Å². The van der Waals surface area contributed by atoms with Crippen LogP contribution in [0.3, 0.4) is 0 Å². The molecule has 0 fully saturated rings. The first-order chi connectivity index (χ1) is 6.72. The second kappa shape index (κ2) is 5.50. The monoisotopic (exact) mass is 191 g/mol. The van der Waals surface area contributed by atoms with Crippen LogP contribution in [0.15, 0.2) is 18.3 Å². The van der Waals surface area contributed by atoms with Gasteiger partial charge in [-0.05, 0) is 32.5 Å². The average Bonchev–Trinajstić information content (AvgIpc) is 2.15. The number of rotatable bonds is 4. The third-order valence-electron chi connectivity index (χ3n) is 1.88. The standard InChI is InChI=1S/C11H17N3/c1-4-12-9(2)5-6-11-7-8-13-10(3)14-11/h5-9,12H,4H2,1-3H3/b6-5+. The summed E-state index contributed by atoms with van der Waals surface area (Å²) in [6.45, 7) is 7.09. The van der Waals surface area contributed by atoms with Crippen molar-refractivity contribution in [3.05, 3.63) is 29.9 Å². The zero-order valence-corrected chi connectivity index (χ0v) is 8.99. The van der Waals surface area contributed by atoms with Crippen molar-refractivity contribution in [3.8, 4) is 0 Å². The third kappa shape index (κ3) is 3.66. The second-order valence-electron chi connectivity index (χ2n) is 3.23. The first kappa shape index (κ1) is 10.9. The summed E-state index contributed by atoms with van der Waals surface area (Å²) in [5, 5.41) is 3.30. The molecule has 1 heterocycles. The highest BCUT2D eigenvalue weighted by Gasteiger charge is 1.93. The predicted molar refractivity (Wildman–Crippen MR) is 58.9 cm³/mol. The number of aryl methyl sites for hydroxylation is 1. The molecule has 1 rings (SSSR count). The minimum atomic E-state index is 0.385. The van der Waals surface area contributed by atoms with Crippen molar-refractivity contribution in [2.24, 2.45) is 0 Å². The van der Waals surface area contributed by atoms with E-state index in [9.17, 15) is 0 Å². The lowest BCUT2D eigenvalue weighted by molar-refractivity contribution is 0.662. The highest BCUT2D eigenvalue weighted by molar-refractivity contribution is 5.44. The zero-order valence-electron chi connectivity index (χ0n) is 8.99. The summed E-state index contributed by atoms with van der Waals surface area (Å²) in [5.74, 6) is 0.809. The van der Waals surface area contributed by atoms with Gasteiger partial charge in [-0.2, -0.15) is 0 Å². The molecule has 1 unspecified atom stereocenters. The fourth-order valence-corrected chi connectivity index (χ4v) is 1.20. The molecule has 1 atom stereocenters. The largest absolute Gasteiger partial charge is 0.311 e. The van der Waals surface area contributed by atoms with E-state index in [1.165, 1.54) is 0 Å². The maximum Gasteiger partial charge on any atom is 0.125 e. The van der Waals surface area contributed by atoms with Crippen LogP contribution < -0.4 is 5.32 Å². The van der Waals surface area contributed by atoms with Gasteiger partial charge in [0.05, 0.1) is 5.69 Å². The fraction of sp³-hybridized carbons (Fsp3) is 0.455. The molecule has 1 aromatic heterocycles. The van der Waals surface area contributed by atoms with E-state index >= 15 is 0 Å². The molecule has 3 nitrogen and oxygen atoms in total. The van der Waals surface area contributed by atoms with Gasteiger partial charge in [0.15, 0.2) is 0 Å². The average molecular weight is 191 g/mol. The maximum atomic E-state index is 4.28. The van der Waals surface area contributed by atoms with Gasteiger partial charge in [-0.15, -0.1) is 0 Å². The molecule has 3 heteroatoms. The van der Waals surface area contributed by atoms with Crippen LogP contribution in [0.25, 0.3) is 6.08 Å². The fourth-order valence-electron chi connectivity index (χ4n) is 1.20. The SMILES string of the molecule is CCNC(C)/C=C/c1ccnc(C)n1. The van der Waals surface area contributed by atoms with E-state index in [2.05, 4.69) is 35.2 Å². The molecular formula is C11H17N3. The Morgan fingerprint density at radius 1 is 1.57 bits per heavy atom. The van der Waals surface area contributed by atoms with Gasteiger partial charge >= 0.3 is 0 Å². The smallest absolute Gasteiger partial charge is 0.125 e. The van der Waals surface area contributed by atoms with E-state index in [-0.39, 0.29) is 0 Å². The first-order valence-electron chi connectivity index (χ1n) is 4.93. The molecule has 0 aliphatic rings. The van der Waals surface area contributed by atoms with E-state index < -0.39 is 0 Å². The van der Waals surface area contributed by atoms with Crippen LogP contribution >= 0.6 is 0 Å². The van der Waals surface area contributed by atoms with Crippen molar-refractivity contribution in [1.29, 1.82) is 0 Å². The van der Waals surface area contributed by atoms with E-state index in [0.717, 1.165) is 18.1 Å². The Hall–Kier alpha value is -1.22. The Labute approximate surface area is 85.3 Å². The van der Waals surface area contributed by atoms with E-state index in [1.807, 2.05) is 19.1 Å². The van der Waals surface area contributed by atoms with Crippen LogP contribution in [0.5, 0.6) is 0 Å². The highest BCUT2D eigenvalue weighted by Crippen LogP contribution is 1.98. The minimum Gasteiger partial charge on any atom is -0.311 e. The number of likely N-dealkylation sites (N-methyl/N-ethyl adjacent to an activating group) is 1. The highest BCUT2D eigenvalue weighted by atomic mass is 14.9. The summed E-state index contributed by atoms with van der Waals surface area (Å²) >= 11 is 0. The van der Waals surface area contributed by atoms with Crippen molar-refractivity contribution in [2.45, 2.75) is 26.8 Å². The van der Waals surface area contributed by atoms with Gasteiger partial charge in [0.1, 0.15) is 5.82 Å². The first-order valence-corrected chi connectivity index (χ1v) is 4.93. The topological polar surface area (TPSA) is 37.8 Å². The number of aromatic nitrogens is 2. The summed E-state index contributed by atoms with van der Waals surface area (Å²) in [6, 6.07) is 2.29. The van der Waals surface area contributed by atoms with Crippen LogP contribution in [0.2, 0.25) is 0 Å². The molecule has 1 aromatic rings. The Morgan fingerprint density at radius 2 is 2.36 bits per heavy atom. The quantitative estimate of drug-likeness (QED) is 0.788. The van der Waals surface area contributed by atoms with Crippen LogP contribution in [-0.4, -0.2) is 22.6 Å². The molecular weight excluding hydrogens is 174 g/mol. The minimum absolute atomic E-state index is 0.385. The van der Waals surface area contributed by atoms with Crippen LogP contribution in [0, 0.1) is 6.92 Å². The molecule has 1 N–H and O–H groups in total. The number of nitrogens with zero attached hydrogens (tertiary/aromatic N) is 2. The molecule has 0 saturated carbocycles. The third-order valence-corrected chi connectivity index (χ3v) is 1.88. The summed E-state index contributed by atoms with van der Waals surface area (Å²) < 4.78 is 0. The van der Waals surface area contributed by atoms with E-state index in [0.29, 0.717) is 6.04 Å². The molecule has 0 spiro atoms. The number of hydrogen-bond donors (Lipinski definition) is 1. The van der Waals surface area contributed by atoms with Gasteiger partial charge < -0.3 is 5.32 Å². The Kier molecular flexibility index (Phi) is 4.26. The maximum absolute atomic E-state index is 4.28. The van der Waals surface area contributed by atoms with Gasteiger partial charge in [-0.25, -0.2) is 9.97 Å². The lowest BCUT2D eigenvalue weighted by atomic mass is 10.2. The Morgan fingerprint density at radius 3 is 3.00 bits per heavy atom. The summed E-state index contributed by atoms with van der Waals surface area (Å²) in [5.41, 5.74) is 0.960. The predicted octanol–water partition coefficient (Wildman–Crippen LogP) is 1.80. The van der Waals surface area contributed by atoms with Crippen molar-refractivity contribution >= 4 is 6.08 Å². The van der Waals surface area contributed by atoms with E-state index in [1.54, 1.807) is 6.20 Å². The zero-order chi connectivity index (χ0) is 10.4. The summed E-state index contributed by atoms with van der Waals surface area (Å²) in [4.78, 5) is 8.32. The van der Waals surface area contributed by atoms with E-state index in [4.69, 9.17) is 0 Å². The van der Waals surface area contributed by atoms with Crippen LogP contribution in [0.1, 0.15) is 25.4 Å². The van der Waals surface area contributed by atoms with Crippen molar-refractivity contribution < 1.29 is 0 Å². The molecule has 0 bridgehead atoms. The van der Waals surface area contributed by atoms with Crippen molar-refractivity contribution in [1.82, 2.24) is 15.3 Å². The Balaban J connectivity index is 2.59. The van der Waals surface area contributed by atoms with Crippen molar-refractivity contribution in [3.63, 3.8) is 0 Å².